The molecule has 12 heteroatoms. The van der Waals surface area contributed by atoms with Crippen LogP contribution in [0.4, 0.5) is 10.5 Å². The van der Waals surface area contributed by atoms with Crippen LogP contribution < -0.4 is 20.1 Å². The van der Waals surface area contributed by atoms with Crippen molar-refractivity contribution in [3.05, 3.63) is 48.0 Å². The van der Waals surface area contributed by atoms with Gasteiger partial charge in [0.2, 0.25) is 10.0 Å². The number of rotatable bonds is 9. The second-order valence-electron chi connectivity index (χ2n) is 10.0. The van der Waals surface area contributed by atoms with Crippen molar-refractivity contribution in [1.82, 2.24) is 14.5 Å². The van der Waals surface area contributed by atoms with E-state index in [-0.39, 0.29) is 59.5 Å². The zero-order valence-corrected chi connectivity index (χ0v) is 24.0. The highest BCUT2D eigenvalue weighted by Crippen LogP contribution is 2.35. The number of carbonyl (C=O) groups is 2. The summed E-state index contributed by atoms with van der Waals surface area (Å²) < 4.78 is 39.4. The van der Waals surface area contributed by atoms with Gasteiger partial charge in [0.1, 0.15) is 11.9 Å². The van der Waals surface area contributed by atoms with Crippen molar-refractivity contribution in [1.29, 1.82) is 0 Å². The summed E-state index contributed by atoms with van der Waals surface area (Å²) in [5.41, 5.74) is 0.477. The molecule has 0 spiro atoms. The highest BCUT2D eigenvalue weighted by Gasteiger charge is 2.36. The molecule has 0 aliphatic carbocycles. The molecule has 0 aromatic heterocycles. The normalized spacial score (nSPS) is 18.6. The van der Waals surface area contributed by atoms with Crippen LogP contribution in [0.5, 0.6) is 11.5 Å². The lowest BCUT2D eigenvalue weighted by Crippen LogP contribution is -2.50. The maximum absolute atomic E-state index is 13.6. The fraction of sp³-hybridized carbons (Fsp3) is 0.481. The number of urea groups is 1. The van der Waals surface area contributed by atoms with Crippen LogP contribution in [0, 0.1) is 5.92 Å². The van der Waals surface area contributed by atoms with E-state index < -0.39 is 28.2 Å². The zero-order valence-electron chi connectivity index (χ0n) is 23.2. The highest BCUT2D eigenvalue weighted by atomic mass is 32.2. The molecule has 39 heavy (non-hydrogen) atoms. The van der Waals surface area contributed by atoms with Crippen molar-refractivity contribution in [2.24, 2.45) is 5.92 Å². The Kier molecular flexibility index (Phi) is 9.81. The molecule has 3 amide bonds. The molecule has 11 nitrogen and oxygen atoms in total. The summed E-state index contributed by atoms with van der Waals surface area (Å²) in [6, 6.07) is 9.85. The molecule has 0 unspecified atom stereocenters. The Morgan fingerprint density at radius 2 is 1.87 bits per heavy atom. The number of likely N-dealkylation sites (N-methyl/N-ethyl adjacent to an activating group) is 1. The number of amides is 3. The Morgan fingerprint density at radius 1 is 1.21 bits per heavy atom. The van der Waals surface area contributed by atoms with Crippen molar-refractivity contribution in [2.75, 3.05) is 39.2 Å². The van der Waals surface area contributed by atoms with Crippen LogP contribution in [0.25, 0.3) is 0 Å². The number of aliphatic hydroxyl groups is 1. The third-order valence-electron chi connectivity index (χ3n) is 6.56. The van der Waals surface area contributed by atoms with Gasteiger partial charge in [-0.2, -0.15) is 4.31 Å². The number of ether oxygens (including phenoxy) is 2. The van der Waals surface area contributed by atoms with E-state index in [0.29, 0.717) is 5.75 Å². The number of anilines is 1. The third-order valence-corrected chi connectivity index (χ3v) is 8.40. The van der Waals surface area contributed by atoms with Gasteiger partial charge in [0.15, 0.2) is 5.75 Å². The van der Waals surface area contributed by atoms with Crippen LogP contribution in [0.3, 0.4) is 0 Å². The van der Waals surface area contributed by atoms with E-state index in [1.807, 2.05) is 20.8 Å². The second-order valence-corrected chi connectivity index (χ2v) is 12.1. The fourth-order valence-corrected chi connectivity index (χ4v) is 5.44. The lowest BCUT2D eigenvalue weighted by molar-refractivity contribution is 0.0389. The summed E-state index contributed by atoms with van der Waals surface area (Å²) in [5, 5.41) is 15.3. The minimum absolute atomic E-state index is 0.0307. The zero-order chi connectivity index (χ0) is 28.9. The van der Waals surface area contributed by atoms with Gasteiger partial charge in [-0.15, -0.1) is 0 Å². The van der Waals surface area contributed by atoms with Gasteiger partial charge in [0.25, 0.3) is 5.91 Å². The molecular weight excluding hydrogens is 524 g/mol. The van der Waals surface area contributed by atoms with Gasteiger partial charge < -0.3 is 30.1 Å². The largest absolute Gasteiger partial charge is 0.497 e. The number of fused-ring (bicyclic) bond motifs is 1. The van der Waals surface area contributed by atoms with Crippen LogP contribution in [0.15, 0.2) is 47.4 Å². The number of sulfonamides is 1. The van der Waals surface area contributed by atoms with E-state index in [1.54, 1.807) is 42.2 Å². The molecule has 1 heterocycles. The average Bonchev–Trinajstić information content (AvgIpc) is 2.89. The van der Waals surface area contributed by atoms with Crippen LogP contribution in [-0.4, -0.2) is 86.7 Å². The van der Waals surface area contributed by atoms with Crippen molar-refractivity contribution in [3.63, 3.8) is 0 Å². The molecule has 3 rings (SSSR count). The van der Waals surface area contributed by atoms with Gasteiger partial charge in [0.05, 0.1) is 42.4 Å². The quantitative estimate of drug-likeness (QED) is 0.427. The lowest BCUT2D eigenvalue weighted by Gasteiger charge is -2.38. The first-order valence-corrected chi connectivity index (χ1v) is 14.2. The Bertz CT molecular complexity index is 1270. The van der Waals surface area contributed by atoms with Gasteiger partial charge in [-0.25, -0.2) is 13.2 Å². The van der Waals surface area contributed by atoms with Crippen molar-refractivity contribution < 1.29 is 32.6 Å². The molecule has 3 N–H and O–H groups in total. The first kappa shape index (κ1) is 30.2. The van der Waals surface area contributed by atoms with E-state index in [0.717, 1.165) is 0 Å². The number of hydrogen-bond acceptors (Lipinski definition) is 7. The van der Waals surface area contributed by atoms with E-state index in [1.165, 1.54) is 30.6 Å². The molecule has 0 bridgehead atoms. The van der Waals surface area contributed by atoms with Gasteiger partial charge in [0, 0.05) is 25.6 Å². The number of methoxy groups -OCH3 is 1. The Labute approximate surface area is 230 Å². The molecule has 1 aliphatic rings. The molecular formula is C27H38N4O7S. The Morgan fingerprint density at radius 3 is 2.46 bits per heavy atom. The van der Waals surface area contributed by atoms with E-state index in [9.17, 15) is 23.1 Å². The third kappa shape index (κ3) is 7.00. The Balaban J connectivity index is 2.00. The molecule has 0 saturated heterocycles. The predicted octanol–water partition coefficient (Wildman–Crippen LogP) is 2.77. The number of carbonyl (C=O) groups excluding carboxylic acids is 2. The summed E-state index contributed by atoms with van der Waals surface area (Å²) in [6.07, 6.45) is -0.695. The van der Waals surface area contributed by atoms with Crippen LogP contribution >= 0.6 is 0 Å². The van der Waals surface area contributed by atoms with E-state index in [4.69, 9.17) is 9.47 Å². The number of nitrogens with zero attached hydrogens (tertiary/aromatic N) is 2. The average molecular weight is 563 g/mol. The fourth-order valence-electron chi connectivity index (χ4n) is 4.26. The minimum Gasteiger partial charge on any atom is -0.497 e. The molecule has 0 fully saturated rings. The molecule has 3 atom stereocenters. The van der Waals surface area contributed by atoms with Crippen molar-refractivity contribution in [3.8, 4) is 11.5 Å². The van der Waals surface area contributed by atoms with Gasteiger partial charge in [-0.05, 0) is 57.2 Å². The van der Waals surface area contributed by atoms with E-state index in [2.05, 4.69) is 10.6 Å². The smallest absolute Gasteiger partial charge is 0.319 e. The summed E-state index contributed by atoms with van der Waals surface area (Å²) in [4.78, 5) is 27.7. The number of nitrogens with one attached hydrogen (secondary N) is 2. The molecule has 0 radical (unpaired) electrons. The minimum atomic E-state index is -3.88. The number of hydrogen-bond donors (Lipinski definition) is 3. The number of benzene rings is 2. The number of aliphatic hydroxyl groups excluding tert-OH is 1. The maximum Gasteiger partial charge on any atom is 0.319 e. The topological polar surface area (TPSA) is 138 Å². The van der Waals surface area contributed by atoms with Gasteiger partial charge in [-0.1, -0.05) is 13.0 Å². The first-order chi connectivity index (χ1) is 18.4. The van der Waals surface area contributed by atoms with Crippen molar-refractivity contribution >= 4 is 27.6 Å². The summed E-state index contributed by atoms with van der Waals surface area (Å²) in [6.45, 7) is 7.18. The second kappa shape index (κ2) is 12.7. The van der Waals surface area contributed by atoms with Gasteiger partial charge in [-0.3, -0.25) is 4.79 Å². The molecule has 0 saturated carbocycles. The van der Waals surface area contributed by atoms with Crippen molar-refractivity contribution in [2.45, 2.75) is 50.8 Å². The monoisotopic (exact) mass is 562 g/mol. The van der Waals surface area contributed by atoms with Crippen LogP contribution in [-0.2, 0) is 10.0 Å². The summed E-state index contributed by atoms with van der Waals surface area (Å²) in [7, 11) is -0.906. The molecule has 1 aliphatic heterocycles. The molecule has 2 aromatic rings. The van der Waals surface area contributed by atoms with Gasteiger partial charge >= 0.3 is 6.03 Å². The molecule has 2 aromatic carbocycles. The van der Waals surface area contributed by atoms with Crippen LogP contribution in [0.1, 0.15) is 38.1 Å². The lowest BCUT2D eigenvalue weighted by atomic mass is 9.99. The highest BCUT2D eigenvalue weighted by molar-refractivity contribution is 7.89. The Hall–Kier alpha value is -3.35. The number of para-hydroxylation sites is 1. The predicted molar refractivity (Wildman–Crippen MR) is 148 cm³/mol. The van der Waals surface area contributed by atoms with E-state index >= 15 is 0 Å². The standard InChI is InChI=1S/C27H38N4O7S/c1-17(2)28-27(34)29-23-9-7-8-22-25(23)38-24(18(3)14-31(26(22)33)19(4)16-32)15-30(5)39(35,36)21-12-10-20(37-6)11-13-21/h7-13,17-19,24,32H,14-16H2,1-6H3,(H2,28,29,34)/t18-,19-,24-/m0/s1. The van der Waals surface area contributed by atoms with Crippen LogP contribution in [0.2, 0.25) is 0 Å². The molecule has 214 valence electrons. The maximum atomic E-state index is 13.6. The SMILES string of the molecule is COc1ccc(S(=O)(=O)N(C)C[C@@H]2Oc3c(NC(=O)NC(C)C)cccc3C(=O)N([C@@H](C)CO)C[C@@H]2C)cc1. The summed E-state index contributed by atoms with van der Waals surface area (Å²) >= 11 is 0. The summed E-state index contributed by atoms with van der Waals surface area (Å²) in [5.74, 6) is -0.0102. The first-order valence-electron chi connectivity index (χ1n) is 12.8.